The summed E-state index contributed by atoms with van der Waals surface area (Å²) in [6.45, 7) is 2.37. The van der Waals surface area contributed by atoms with Crippen molar-refractivity contribution in [3.63, 3.8) is 0 Å². The molecule has 39 heavy (non-hydrogen) atoms. The fourth-order valence-corrected chi connectivity index (χ4v) is 6.17. The fourth-order valence-electron chi connectivity index (χ4n) is 6.17. The normalized spacial score (nSPS) is 15.4. The van der Waals surface area contributed by atoms with Crippen LogP contribution >= 0.6 is 0 Å². The summed E-state index contributed by atoms with van der Waals surface area (Å²) in [6.07, 6.45) is 0. The molecule has 6 aromatic rings. The first kappa shape index (κ1) is 23.3. The van der Waals surface area contributed by atoms with Crippen molar-refractivity contribution < 1.29 is 0 Å². The second kappa shape index (κ2) is 9.45. The van der Waals surface area contributed by atoms with E-state index in [1.807, 2.05) is 0 Å². The molecule has 0 bridgehead atoms. The van der Waals surface area contributed by atoms with Crippen LogP contribution in [0.1, 0.15) is 23.6 Å². The molecule has 6 aromatic carbocycles. The van der Waals surface area contributed by atoms with Gasteiger partial charge in [-0.3, -0.25) is 0 Å². The fraction of sp³-hybridized carbons (Fsp3) is 0.0526. The summed E-state index contributed by atoms with van der Waals surface area (Å²) in [4.78, 5) is 2.36. The van der Waals surface area contributed by atoms with E-state index in [9.17, 15) is 0 Å². The van der Waals surface area contributed by atoms with Gasteiger partial charge in [-0.1, -0.05) is 121 Å². The average Bonchev–Trinajstić information content (AvgIpc) is 3.28. The number of nitrogens with zero attached hydrogens (tertiary/aromatic N) is 1. The maximum Gasteiger partial charge on any atom is 0.0468 e. The van der Waals surface area contributed by atoms with Gasteiger partial charge in [-0.25, -0.2) is 0 Å². The molecular weight excluding hydrogens is 470 g/mol. The van der Waals surface area contributed by atoms with Crippen molar-refractivity contribution in [3.05, 3.63) is 174 Å². The molecule has 0 aromatic heterocycles. The average molecular weight is 500 g/mol. The Morgan fingerprint density at radius 2 is 0.923 bits per heavy atom. The Morgan fingerprint density at radius 3 is 1.64 bits per heavy atom. The van der Waals surface area contributed by atoms with Gasteiger partial charge in [0.1, 0.15) is 0 Å². The van der Waals surface area contributed by atoms with Crippen molar-refractivity contribution in [2.45, 2.75) is 12.3 Å². The Morgan fingerprint density at radius 1 is 0.410 bits per heavy atom. The third kappa shape index (κ3) is 3.86. The van der Waals surface area contributed by atoms with Crippen LogP contribution < -0.4 is 4.90 Å². The summed E-state index contributed by atoms with van der Waals surface area (Å²) in [6, 6.07) is 56.9. The van der Waals surface area contributed by atoms with Crippen LogP contribution in [0, 0.1) is 0 Å². The van der Waals surface area contributed by atoms with E-state index >= 15 is 0 Å². The van der Waals surface area contributed by atoms with Crippen LogP contribution in [-0.2, 0) is 5.41 Å². The lowest BCUT2D eigenvalue weighted by molar-refractivity contribution is 0.714. The molecule has 1 nitrogen and oxygen atoms in total. The zero-order valence-electron chi connectivity index (χ0n) is 22.0. The van der Waals surface area contributed by atoms with Crippen molar-refractivity contribution in [2.75, 3.05) is 4.90 Å². The molecule has 1 heteroatoms. The van der Waals surface area contributed by atoms with Gasteiger partial charge < -0.3 is 4.90 Å². The van der Waals surface area contributed by atoms with E-state index in [1.165, 1.54) is 38.9 Å². The van der Waals surface area contributed by atoms with Gasteiger partial charge in [-0.15, -0.1) is 0 Å². The van der Waals surface area contributed by atoms with E-state index in [-0.39, 0.29) is 5.41 Å². The summed E-state index contributed by atoms with van der Waals surface area (Å²) in [5, 5.41) is 0. The number of anilines is 3. The lowest BCUT2D eigenvalue weighted by Gasteiger charge is -2.29. The second-order valence-electron chi connectivity index (χ2n) is 10.4. The standard InChI is InChI=1S/C38H29N/c1-38(30-15-7-3-8-16-30)36-20-12-11-19-34(36)35-27-33(25-26-37(35)38)39(31-17-9-4-10-18-31)32-23-21-29(22-24-32)28-13-5-2-6-14-28/h2-27H,1H3. The van der Waals surface area contributed by atoms with Crippen molar-refractivity contribution in [2.24, 2.45) is 0 Å². The molecule has 186 valence electrons. The number of benzene rings is 6. The first-order valence-corrected chi connectivity index (χ1v) is 13.5. The Balaban J connectivity index is 1.38. The van der Waals surface area contributed by atoms with E-state index in [1.54, 1.807) is 0 Å². The zero-order valence-corrected chi connectivity index (χ0v) is 22.0. The van der Waals surface area contributed by atoms with Crippen molar-refractivity contribution in [3.8, 4) is 22.3 Å². The number of fused-ring (bicyclic) bond motifs is 3. The molecule has 0 amide bonds. The molecule has 1 aliphatic rings. The quantitative estimate of drug-likeness (QED) is 0.228. The minimum Gasteiger partial charge on any atom is -0.310 e. The molecule has 1 unspecified atom stereocenters. The van der Waals surface area contributed by atoms with Crippen LogP contribution in [0.4, 0.5) is 17.1 Å². The van der Waals surface area contributed by atoms with E-state index in [4.69, 9.17) is 0 Å². The lowest BCUT2D eigenvalue weighted by Crippen LogP contribution is -2.22. The highest BCUT2D eigenvalue weighted by molar-refractivity contribution is 5.88. The van der Waals surface area contributed by atoms with Gasteiger partial charge in [0.05, 0.1) is 0 Å². The van der Waals surface area contributed by atoms with Crippen molar-refractivity contribution >= 4 is 17.1 Å². The Hall–Kier alpha value is -4.88. The van der Waals surface area contributed by atoms with E-state index < -0.39 is 0 Å². The molecule has 0 N–H and O–H groups in total. The lowest BCUT2D eigenvalue weighted by atomic mass is 9.74. The van der Waals surface area contributed by atoms with Crippen LogP contribution in [-0.4, -0.2) is 0 Å². The molecular formula is C38H29N. The van der Waals surface area contributed by atoms with Crippen molar-refractivity contribution in [1.29, 1.82) is 0 Å². The van der Waals surface area contributed by atoms with Crippen LogP contribution in [0.2, 0.25) is 0 Å². The molecule has 0 saturated heterocycles. The smallest absolute Gasteiger partial charge is 0.0468 e. The number of hydrogen-bond acceptors (Lipinski definition) is 1. The Labute approximate surface area is 230 Å². The highest BCUT2D eigenvalue weighted by Crippen LogP contribution is 2.53. The van der Waals surface area contributed by atoms with Gasteiger partial charge in [0.2, 0.25) is 0 Å². The second-order valence-corrected chi connectivity index (χ2v) is 10.4. The van der Waals surface area contributed by atoms with Gasteiger partial charge in [0.25, 0.3) is 0 Å². The van der Waals surface area contributed by atoms with Gasteiger partial charge in [-0.2, -0.15) is 0 Å². The minimum absolute atomic E-state index is 0.194. The molecule has 0 saturated carbocycles. The highest BCUT2D eigenvalue weighted by atomic mass is 15.1. The minimum atomic E-state index is -0.194. The van der Waals surface area contributed by atoms with Crippen molar-refractivity contribution in [1.82, 2.24) is 0 Å². The Bertz CT molecular complexity index is 1740. The monoisotopic (exact) mass is 499 g/mol. The van der Waals surface area contributed by atoms with E-state index in [0.29, 0.717) is 0 Å². The summed E-state index contributed by atoms with van der Waals surface area (Å²) >= 11 is 0. The van der Waals surface area contributed by atoms with Crippen LogP contribution in [0.5, 0.6) is 0 Å². The number of rotatable bonds is 5. The van der Waals surface area contributed by atoms with Gasteiger partial charge in [0.15, 0.2) is 0 Å². The number of para-hydroxylation sites is 1. The first-order valence-electron chi connectivity index (χ1n) is 13.5. The van der Waals surface area contributed by atoms with Gasteiger partial charge in [-0.05, 0) is 82.3 Å². The van der Waals surface area contributed by atoms with Crippen LogP contribution in [0.15, 0.2) is 158 Å². The summed E-state index contributed by atoms with van der Waals surface area (Å²) in [7, 11) is 0. The highest BCUT2D eigenvalue weighted by Gasteiger charge is 2.40. The third-order valence-corrected chi connectivity index (χ3v) is 8.15. The maximum atomic E-state index is 2.38. The largest absolute Gasteiger partial charge is 0.310 e. The topological polar surface area (TPSA) is 3.24 Å². The molecule has 0 spiro atoms. The molecule has 7 rings (SSSR count). The molecule has 0 radical (unpaired) electrons. The van der Waals surface area contributed by atoms with Crippen LogP contribution in [0.3, 0.4) is 0 Å². The van der Waals surface area contributed by atoms with Gasteiger partial charge in [0, 0.05) is 22.5 Å². The van der Waals surface area contributed by atoms with Gasteiger partial charge >= 0.3 is 0 Å². The first-order chi connectivity index (χ1) is 19.2. The van der Waals surface area contributed by atoms with Crippen LogP contribution in [0.25, 0.3) is 22.3 Å². The predicted octanol–water partition coefficient (Wildman–Crippen LogP) is 10.2. The third-order valence-electron chi connectivity index (χ3n) is 8.15. The maximum absolute atomic E-state index is 2.38. The van der Waals surface area contributed by atoms with E-state index in [0.717, 1.165) is 17.1 Å². The Kier molecular flexibility index (Phi) is 5.64. The van der Waals surface area contributed by atoms with E-state index in [2.05, 4.69) is 170 Å². The summed E-state index contributed by atoms with van der Waals surface area (Å²) < 4.78 is 0. The molecule has 0 fully saturated rings. The SMILES string of the molecule is CC1(c2ccccc2)c2ccccc2-c2cc(N(c3ccccc3)c3ccc(-c4ccccc4)cc3)ccc21. The molecule has 1 aliphatic carbocycles. The summed E-state index contributed by atoms with van der Waals surface area (Å²) in [5.74, 6) is 0. The molecule has 0 aliphatic heterocycles. The summed E-state index contributed by atoms with van der Waals surface area (Å²) in [5.41, 5.74) is 12.3. The zero-order chi connectivity index (χ0) is 26.2. The predicted molar refractivity (Wildman–Crippen MR) is 164 cm³/mol. The number of hydrogen-bond donors (Lipinski definition) is 0. The molecule has 0 heterocycles. The molecule has 1 atom stereocenters.